The van der Waals surface area contributed by atoms with Crippen LogP contribution in [0, 0.1) is 0 Å². The molecule has 176 valence electrons. The lowest BCUT2D eigenvalue weighted by Gasteiger charge is -2.14. The zero-order chi connectivity index (χ0) is 24.7. The van der Waals surface area contributed by atoms with E-state index in [1.54, 1.807) is 36.4 Å². The molecule has 11 heteroatoms. The van der Waals surface area contributed by atoms with Gasteiger partial charge in [0.05, 0.1) is 5.56 Å². The number of alkyl halides is 3. The van der Waals surface area contributed by atoms with Crippen molar-refractivity contribution in [3.8, 4) is 17.2 Å². The van der Waals surface area contributed by atoms with Gasteiger partial charge >= 0.3 is 6.18 Å². The minimum atomic E-state index is -4.92. The second-order valence-electron chi connectivity index (χ2n) is 7.61. The summed E-state index contributed by atoms with van der Waals surface area (Å²) in [6.45, 7) is -0.202. The van der Waals surface area contributed by atoms with Crippen LogP contribution in [0.15, 0.2) is 71.4 Å². The van der Waals surface area contributed by atoms with E-state index in [2.05, 4.69) is 15.2 Å². The van der Waals surface area contributed by atoms with Gasteiger partial charge in [-0.15, -0.1) is 10.2 Å². The maximum absolute atomic E-state index is 14.4. The number of pyridine rings is 1. The van der Waals surface area contributed by atoms with Crippen LogP contribution in [0.1, 0.15) is 27.5 Å². The molecule has 7 nitrogen and oxygen atoms in total. The van der Waals surface area contributed by atoms with Gasteiger partial charge < -0.3 is 14.1 Å². The number of hydrogen-bond acceptors (Lipinski definition) is 6. The minimum Gasteiger partial charge on any atom is -0.508 e. The summed E-state index contributed by atoms with van der Waals surface area (Å²) in [5, 5.41) is 17.8. The van der Waals surface area contributed by atoms with Crippen LogP contribution in [0.3, 0.4) is 0 Å². The molecule has 3 heterocycles. The summed E-state index contributed by atoms with van der Waals surface area (Å²) in [6.07, 6.45) is -1.98. The van der Waals surface area contributed by atoms with Crippen LogP contribution in [0.4, 0.5) is 13.2 Å². The fourth-order valence-corrected chi connectivity index (χ4v) is 3.96. The summed E-state index contributed by atoms with van der Waals surface area (Å²) in [7, 11) is 0. The average molecular weight is 499 g/mol. The second kappa shape index (κ2) is 8.55. The van der Waals surface area contributed by atoms with Gasteiger partial charge in [0, 0.05) is 40.4 Å². The molecular weight excluding hydrogens is 485 g/mol. The fraction of sp³-hybridized carbons (Fsp3) is 0.0833. The first-order valence-corrected chi connectivity index (χ1v) is 10.6. The number of ketones is 1. The number of nitrogens with zero attached hydrogens (tertiary/aromatic N) is 4. The van der Waals surface area contributed by atoms with Gasteiger partial charge in [-0.05, 0) is 48.0 Å². The van der Waals surface area contributed by atoms with Crippen LogP contribution in [0.5, 0.6) is 5.75 Å². The Kier molecular flexibility index (Phi) is 5.52. The highest BCUT2D eigenvalue weighted by Crippen LogP contribution is 2.41. The summed E-state index contributed by atoms with van der Waals surface area (Å²) in [5.74, 6) is -2.07. The topological polar surface area (TPSA) is 94.0 Å². The zero-order valence-corrected chi connectivity index (χ0v) is 18.4. The predicted octanol–water partition coefficient (Wildman–Crippen LogP) is 5.74. The first-order valence-electron chi connectivity index (χ1n) is 10.2. The smallest absolute Gasteiger partial charge is 0.432 e. The number of hydrogen-bond donors (Lipinski definition) is 1. The van der Waals surface area contributed by atoms with Crippen molar-refractivity contribution in [1.82, 2.24) is 19.7 Å². The van der Waals surface area contributed by atoms with Crippen molar-refractivity contribution in [1.29, 1.82) is 0 Å². The van der Waals surface area contributed by atoms with Crippen LogP contribution in [-0.2, 0) is 12.7 Å². The average Bonchev–Trinajstić information content (AvgIpc) is 3.44. The van der Waals surface area contributed by atoms with Crippen molar-refractivity contribution >= 4 is 28.3 Å². The number of aromatic nitrogens is 4. The standard InChI is InChI=1S/C24H14ClF3N4O3/c25-15-3-1-13(2-4-15)12-32-18-6-5-16(33)11-17(18)19(21(32)24(26,27)28)20(34)23-31-30-22(35-23)14-7-9-29-10-8-14/h1-11,33H,12H2. The van der Waals surface area contributed by atoms with Gasteiger partial charge in [0.2, 0.25) is 5.89 Å². The third-order valence-electron chi connectivity index (χ3n) is 5.34. The van der Waals surface area contributed by atoms with E-state index >= 15 is 0 Å². The molecule has 0 bridgehead atoms. The van der Waals surface area contributed by atoms with E-state index < -0.39 is 29.1 Å². The van der Waals surface area contributed by atoms with E-state index in [-0.39, 0.29) is 29.1 Å². The molecule has 0 aliphatic rings. The largest absolute Gasteiger partial charge is 0.508 e. The van der Waals surface area contributed by atoms with Gasteiger partial charge in [-0.3, -0.25) is 9.78 Å². The lowest BCUT2D eigenvalue weighted by atomic mass is 10.1. The van der Waals surface area contributed by atoms with Gasteiger partial charge in [-0.25, -0.2) is 0 Å². The second-order valence-corrected chi connectivity index (χ2v) is 8.05. The number of rotatable bonds is 5. The van der Waals surface area contributed by atoms with Crippen LogP contribution in [-0.4, -0.2) is 30.6 Å². The number of phenolic OH excluding ortho intramolecular Hbond substituents is 1. The molecule has 5 rings (SSSR count). The number of aromatic hydroxyl groups is 1. The van der Waals surface area contributed by atoms with Crippen LogP contribution >= 0.6 is 11.6 Å². The third kappa shape index (κ3) is 4.24. The van der Waals surface area contributed by atoms with Gasteiger partial charge in [-0.2, -0.15) is 13.2 Å². The first-order chi connectivity index (χ1) is 16.7. The predicted molar refractivity (Wildman–Crippen MR) is 120 cm³/mol. The number of benzene rings is 2. The van der Waals surface area contributed by atoms with E-state index in [1.165, 1.54) is 24.5 Å². The normalized spacial score (nSPS) is 11.8. The van der Waals surface area contributed by atoms with E-state index in [4.69, 9.17) is 16.0 Å². The SMILES string of the molecule is O=C(c1nnc(-c2ccncc2)o1)c1c(C(F)(F)F)n(Cc2ccc(Cl)cc2)c2ccc(O)cc12. The van der Waals surface area contributed by atoms with Crippen molar-refractivity contribution in [3.05, 3.63) is 94.7 Å². The first kappa shape index (κ1) is 22.6. The fourth-order valence-electron chi connectivity index (χ4n) is 3.84. The molecule has 0 amide bonds. The highest BCUT2D eigenvalue weighted by Gasteiger charge is 2.42. The van der Waals surface area contributed by atoms with Crippen molar-refractivity contribution in [3.63, 3.8) is 0 Å². The Labute approximate surface area is 200 Å². The molecule has 35 heavy (non-hydrogen) atoms. The van der Waals surface area contributed by atoms with Gasteiger partial charge in [0.25, 0.3) is 11.7 Å². The van der Waals surface area contributed by atoms with Gasteiger partial charge in [0.1, 0.15) is 11.4 Å². The molecule has 0 aliphatic heterocycles. The van der Waals surface area contributed by atoms with Crippen molar-refractivity contribution in [2.24, 2.45) is 0 Å². The molecule has 0 fully saturated rings. The third-order valence-corrected chi connectivity index (χ3v) is 5.59. The van der Waals surface area contributed by atoms with Crippen molar-refractivity contribution in [2.45, 2.75) is 12.7 Å². The summed E-state index contributed by atoms with van der Waals surface area (Å²) < 4.78 is 49.7. The van der Waals surface area contributed by atoms with E-state index in [0.29, 0.717) is 16.1 Å². The van der Waals surface area contributed by atoms with Crippen LogP contribution in [0.2, 0.25) is 5.02 Å². The quantitative estimate of drug-likeness (QED) is 0.310. The molecule has 5 aromatic rings. The van der Waals surface area contributed by atoms with Gasteiger partial charge in [-0.1, -0.05) is 23.7 Å². The molecule has 0 aliphatic carbocycles. The molecule has 1 N–H and O–H groups in total. The molecule has 0 radical (unpaired) electrons. The molecule has 0 saturated heterocycles. The number of fused-ring (bicyclic) bond motifs is 1. The van der Waals surface area contributed by atoms with Crippen molar-refractivity contribution < 1.29 is 27.5 Å². The summed E-state index contributed by atoms with van der Waals surface area (Å²) in [6, 6.07) is 13.1. The Balaban J connectivity index is 1.70. The van der Waals surface area contributed by atoms with E-state index in [9.17, 15) is 23.1 Å². The maximum Gasteiger partial charge on any atom is 0.432 e. The zero-order valence-electron chi connectivity index (χ0n) is 17.6. The number of carbonyl (C=O) groups excluding carboxylic acids is 1. The molecule has 0 spiro atoms. The number of carbonyl (C=O) groups is 1. The molecule has 0 saturated carbocycles. The summed E-state index contributed by atoms with van der Waals surface area (Å²) in [5.41, 5.74) is -0.807. The Hall–Kier alpha value is -4.18. The van der Waals surface area contributed by atoms with Crippen LogP contribution < -0.4 is 0 Å². The maximum atomic E-state index is 14.4. The highest BCUT2D eigenvalue weighted by molar-refractivity contribution is 6.30. The molecular formula is C24H14ClF3N4O3. The van der Waals surface area contributed by atoms with Gasteiger partial charge in [0.15, 0.2) is 0 Å². The number of halogens is 4. The van der Waals surface area contributed by atoms with E-state index in [0.717, 1.165) is 10.6 Å². The van der Waals surface area contributed by atoms with Crippen molar-refractivity contribution in [2.75, 3.05) is 0 Å². The Bertz CT molecular complexity index is 1540. The summed E-state index contributed by atoms with van der Waals surface area (Å²) >= 11 is 5.90. The van der Waals surface area contributed by atoms with Crippen LogP contribution in [0.25, 0.3) is 22.4 Å². The molecule has 0 unspecified atom stereocenters. The Morgan fingerprint density at radius 1 is 1.03 bits per heavy atom. The molecule has 3 aromatic heterocycles. The Morgan fingerprint density at radius 3 is 2.43 bits per heavy atom. The monoisotopic (exact) mass is 498 g/mol. The summed E-state index contributed by atoms with van der Waals surface area (Å²) in [4.78, 5) is 17.2. The molecule has 2 aromatic carbocycles. The number of phenols is 1. The van der Waals surface area contributed by atoms with E-state index in [1.807, 2.05) is 0 Å². The Morgan fingerprint density at radius 2 is 1.74 bits per heavy atom. The minimum absolute atomic E-state index is 0.0444. The lowest BCUT2D eigenvalue weighted by molar-refractivity contribution is -0.143. The highest BCUT2D eigenvalue weighted by atomic mass is 35.5. The lowest BCUT2D eigenvalue weighted by Crippen LogP contribution is -2.19. The molecule has 0 atom stereocenters.